The summed E-state index contributed by atoms with van der Waals surface area (Å²) in [5, 5.41) is 15.0. The number of hydrogen-bond donors (Lipinski definition) is 1. The van der Waals surface area contributed by atoms with Crippen LogP contribution in [0, 0.1) is 0 Å². The van der Waals surface area contributed by atoms with Gasteiger partial charge in [0.25, 0.3) is 0 Å². The van der Waals surface area contributed by atoms with Gasteiger partial charge in [-0.05, 0) is 29.8 Å². The number of aromatic hydroxyl groups is 1. The van der Waals surface area contributed by atoms with Gasteiger partial charge in [-0.2, -0.15) is 9.61 Å². The second-order valence-corrected chi connectivity index (χ2v) is 8.29. The Hall–Kier alpha value is -3.10. The standard InChI is InChI=1S/C22H23N5O2S/c1-29-18-9-7-17(8-10-18)25-11-13-26(14-12-25)19(16-5-3-2-4-6-16)20-21(28)27-22(30-20)23-15-24-27/h2-10,15,19,28H,11-14H2,1H3/t19-/m1/s1. The molecule has 0 bridgehead atoms. The monoisotopic (exact) mass is 421 g/mol. The van der Waals surface area contributed by atoms with E-state index in [1.165, 1.54) is 27.9 Å². The number of benzene rings is 2. The highest BCUT2D eigenvalue weighted by molar-refractivity contribution is 7.17. The highest BCUT2D eigenvalue weighted by Gasteiger charge is 2.31. The molecular formula is C22H23N5O2S. The van der Waals surface area contributed by atoms with Gasteiger partial charge in [0.2, 0.25) is 10.8 Å². The lowest BCUT2D eigenvalue weighted by Gasteiger charge is -2.40. The van der Waals surface area contributed by atoms with E-state index in [2.05, 4.69) is 44.1 Å². The predicted molar refractivity (Wildman–Crippen MR) is 118 cm³/mol. The van der Waals surface area contributed by atoms with Gasteiger partial charge in [-0.25, -0.2) is 4.98 Å². The van der Waals surface area contributed by atoms with Crippen molar-refractivity contribution in [1.29, 1.82) is 0 Å². The van der Waals surface area contributed by atoms with Gasteiger partial charge in [0.1, 0.15) is 12.1 Å². The summed E-state index contributed by atoms with van der Waals surface area (Å²) in [6, 6.07) is 18.5. The molecule has 0 spiro atoms. The van der Waals surface area contributed by atoms with Gasteiger partial charge in [-0.15, -0.1) is 0 Å². The summed E-state index contributed by atoms with van der Waals surface area (Å²) in [4.78, 5) is 10.7. The van der Waals surface area contributed by atoms with Crippen LogP contribution in [0.2, 0.25) is 0 Å². The molecule has 0 aliphatic carbocycles. The Balaban J connectivity index is 1.41. The number of ether oxygens (including phenoxy) is 1. The first-order valence-corrected chi connectivity index (χ1v) is 10.8. The highest BCUT2D eigenvalue weighted by Crippen LogP contribution is 2.40. The Morgan fingerprint density at radius 2 is 1.73 bits per heavy atom. The molecule has 0 radical (unpaired) electrons. The summed E-state index contributed by atoms with van der Waals surface area (Å²) >= 11 is 1.50. The molecule has 1 saturated heterocycles. The van der Waals surface area contributed by atoms with Crippen LogP contribution >= 0.6 is 11.3 Å². The van der Waals surface area contributed by atoms with Crippen LogP contribution in [0.1, 0.15) is 16.5 Å². The molecule has 8 heteroatoms. The van der Waals surface area contributed by atoms with Crippen LogP contribution in [0.5, 0.6) is 11.6 Å². The molecule has 1 fully saturated rings. The molecule has 4 aromatic rings. The van der Waals surface area contributed by atoms with Gasteiger partial charge in [0.05, 0.1) is 18.0 Å². The minimum atomic E-state index is -0.0299. The lowest BCUT2D eigenvalue weighted by atomic mass is 10.0. The average Bonchev–Trinajstić information content (AvgIpc) is 3.39. The molecule has 0 unspecified atom stereocenters. The molecule has 7 nitrogen and oxygen atoms in total. The number of thiazole rings is 1. The first-order valence-electron chi connectivity index (χ1n) is 9.94. The van der Waals surface area contributed by atoms with E-state index in [9.17, 15) is 5.11 Å². The molecule has 2 aromatic carbocycles. The number of hydrogen-bond acceptors (Lipinski definition) is 7. The van der Waals surface area contributed by atoms with Gasteiger partial charge in [-0.3, -0.25) is 4.90 Å². The largest absolute Gasteiger partial charge is 0.497 e. The van der Waals surface area contributed by atoms with Gasteiger partial charge >= 0.3 is 0 Å². The van der Waals surface area contributed by atoms with Crippen molar-refractivity contribution < 1.29 is 9.84 Å². The van der Waals surface area contributed by atoms with E-state index in [4.69, 9.17) is 4.74 Å². The molecule has 1 aliphatic heterocycles. The zero-order valence-corrected chi connectivity index (χ0v) is 17.5. The minimum Gasteiger partial charge on any atom is -0.497 e. The zero-order chi connectivity index (χ0) is 20.5. The third-order valence-electron chi connectivity index (χ3n) is 5.62. The SMILES string of the molecule is COc1ccc(N2CCN([C@H](c3ccccc3)c3sc4ncnn4c3O)CC2)cc1. The number of piperazine rings is 1. The van der Waals surface area contributed by atoms with E-state index in [0.717, 1.165) is 42.4 Å². The number of aromatic nitrogens is 3. The molecule has 1 aliphatic rings. The first-order chi connectivity index (χ1) is 14.7. The summed E-state index contributed by atoms with van der Waals surface area (Å²) in [5.41, 5.74) is 2.36. The van der Waals surface area contributed by atoms with Crippen LogP contribution in [0.3, 0.4) is 0 Å². The average molecular weight is 422 g/mol. The molecule has 0 amide bonds. The maximum atomic E-state index is 10.8. The number of anilines is 1. The summed E-state index contributed by atoms with van der Waals surface area (Å²) in [6.45, 7) is 3.60. The van der Waals surface area contributed by atoms with Gasteiger partial charge in [0.15, 0.2) is 0 Å². The van der Waals surface area contributed by atoms with Crippen LogP contribution < -0.4 is 9.64 Å². The minimum absolute atomic E-state index is 0.0299. The number of fused-ring (bicyclic) bond motifs is 1. The smallest absolute Gasteiger partial charge is 0.230 e. The van der Waals surface area contributed by atoms with Gasteiger partial charge in [-0.1, -0.05) is 41.7 Å². The van der Waals surface area contributed by atoms with E-state index in [1.54, 1.807) is 7.11 Å². The number of nitrogens with zero attached hydrogens (tertiary/aromatic N) is 5. The van der Waals surface area contributed by atoms with E-state index in [-0.39, 0.29) is 11.9 Å². The molecule has 5 rings (SSSR count). The van der Waals surface area contributed by atoms with Gasteiger partial charge < -0.3 is 14.7 Å². The normalized spacial score (nSPS) is 16.1. The van der Waals surface area contributed by atoms with Crippen molar-refractivity contribution in [3.05, 3.63) is 71.4 Å². The molecule has 2 aromatic heterocycles. The van der Waals surface area contributed by atoms with Crippen molar-refractivity contribution in [1.82, 2.24) is 19.5 Å². The zero-order valence-electron chi connectivity index (χ0n) is 16.7. The topological polar surface area (TPSA) is 66.1 Å². The van der Waals surface area contributed by atoms with Crippen molar-refractivity contribution in [3.8, 4) is 11.6 Å². The van der Waals surface area contributed by atoms with Crippen molar-refractivity contribution in [2.75, 3.05) is 38.2 Å². The van der Waals surface area contributed by atoms with E-state index in [1.807, 2.05) is 30.3 Å². The summed E-state index contributed by atoms with van der Waals surface area (Å²) in [6.07, 6.45) is 1.47. The van der Waals surface area contributed by atoms with Crippen LogP contribution in [-0.4, -0.2) is 57.9 Å². The Kier molecular flexibility index (Phi) is 5.02. The fourth-order valence-corrected chi connectivity index (χ4v) is 5.16. The molecular weight excluding hydrogens is 398 g/mol. The fourth-order valence-electron chi connectivity index (χ4n) is 4.07. The van der Waals surface area contributed by atoms with E-state index >= 15 is 0 Å². The molecule has 0 saturated carbocycles. The van der Waals surface area contributed by atoms with Crippen molar-refractivity contribution >= 4 is 22.0 Å². The third-order valence-corrected chi connectivity index (χ3v) is 6.71. The van der Waals surface area contributed by atoms with Gasteiger partial charge in [0, 0.05) is 31.9 Å². The Labute approximate surface area is 178 Å². The summed E-state index contributed by atoms with van der Waals surface area (Å²) in [7, 11) is 1.68. The molecule has 154 valence electrons. The van der Waals surface area contributed by atoms with Crippen molar-refractivity contribution in [2.24, 2.45) is 0 Å². The quantitative estimate of drug-likeness (QED) is 0.533. The molecule has 1 N–H and O–H groups in total. The Morgan fingerprint density at radius 3 is 2.40 bits per heavy atom. The lowest BCUT2D eigenvalue weighted by Crippen LogP contribution is -2.47. The maximum Gasteiger partial charge on any atom is 0.230 e. The van der Waals surface area contributed by atoms with Crippen LogP contribution in [0.25, 0.3) is 4.96 Å². The summed E-state index contributed by atoms with van der Waals surface area (Å²) < 4.78 is 6.79. The number of methoxy groups -OCH3 is 1. The lowest BCUT2D eigenvalue weighted by molar-refractivity contribution is 0.211. The van der Waals surface area contributed by atoms with E-state index in [0.29, 0.717) is 4.96 Å². The Morgan fingerprint density at radius 1 is 1.00 bits per heavy atom. The van der Waals surface area contributed by atoms with Crippen LogP contribution in [0.4, 0.5) is 5.69 Å². The van der Waals surface area contributed by atoms with Crippen molar-refractivity contribution in [3.63, 3.8) is 0 Å². The Bertz CT molecular complexity index is 1120. The van der Waals surface area contributed by atoms with E-state index < -0.39 is 0 Å². The second-order valence-electron chi connectivity index (χ2n) is 7.28. The fraction of sp³-hybridized carbons (Fsp3) is 0.273. The van der Waals surface area contributed by atoms with Crippen molar-refractivity contribution in [2.45, 2.75) is 6.04 Å². The van der Waals surface area contributed by atoms with Crippen LogP contribution in [-0.2, 0) is 0 Å². The maximum absolute atomic E-state index is 10.8. The third kappa shape index (κ3) is 3.38. The highest BCUT2D eigenvalue weighted by atomic mass is 32.1. The predicted octanol–water partition coefficient (Wildman–Crippen LogP) is 3.42. The summed E-state index contributed by atoms with van der Waals surface area (Å²) in [5.74, 6) is 1.05. The first kappa shape index (κ1) is 18.9. The molecule has 1 atom stereocenters. The molecule has 3 heterocycles. The number of rotatable bonds is 5. The van der Waals surface area contributed by atoms with Crippen LogP contribution in [0.15, 0.2) is 60.9 Å². The second kappa shape index (κ2) is 7.97. The molecule has 30 heavy (non-hydrogen) atoms.